The van der Waals surface area contributed by atoms with Crippen molar-refractivity contribution in [3.05, 3.63) is 16.6 Å². The Morgan fingerprint density at radius 1 is 1.69 bits per heavy atom. The fourth-order valence-corrected chi connectivity index (χ4v) is 2.11. The molecule has 1 heterocycles. The molecule has 3 N–H and O–H groups in total. The standard InChI is InChI=1S/C11H19N3OS/c1-3-5-11(2,12)10(15)14-6-4-9-13-7-8-16-9/h7-8H,3-6,12H2,1-2H3,(H,14,15). The Labute approximate surface area is 100 Å². The monoisotopic (exact) mass is 241 g/mol. The minimum atomic E-state index is -0.752. The fraction of sp³-hybridized carbons (Fsp3) is 0.636. The molecule has 5 heteroatoms. The summed E-state index contributed by atoms with van der Waals surface area (Å²) >= 11 is 1.60. The van der Waals surface area contributed by atoms with E-state index in [1.165, 1.54) is 0 Å². The number of thiazole rings is 1. The van der Waals surface area contributed by atoms with Gasteiger partial charge in [-0.2, -0.15) is 0 Å². The Balaban J connectivity index is 2.30. The molecular formula is C11H19N3OS. The van der Waals surface area contributed by atoms with Crippen molar-refractivity contribution in [2.24, 2.45) is 5.73 Å². The topological polar surface area (TPSA) is 68.0 Å². The van der Waals surface area contributed by atoms with Crippen LogP contribution in [0.5, 0.6) is 0 Å². The van der Waals surface area contributed by atoms with E-state index in [-0.39, 0.29) is 5.91 Å². The van der Waals surface area contributed by atoms with Crippen LogP contribution in [-0.2, 0) is 11.2 Å². The minimum absolute atomic E-state index is 0.0779. The summed E-state index contributed by atoms with van der Waals surface area (Å²) in [5, 5.41) is 5.82. The minimum Gasteiger partial charge on any atom is -0.354 e. The number of carbonyl (C=O) groups is 1. The predicted molar refractivity (Wildman–Crippen MR) is 66.3 cm³/mol. The lowest BCUT2D eigenvalue weighted by atomic mass is 9.96. The normalized spacial score (nSPS) is 14.4. The summed E-state index contributed by atoms with van der Waals surface area (Å²) in [7, 11) is 0. The highest BCUT2D eigenvalue weighted by atomic mass is 32.1. The molecule has 1 amide bonds. The Morgan fingerprint density at radius 2 is 2.44 bits per heavy atom. The van der Waals surface area contributed by atoms with Gasteiger partial charge in [0, 0.05) is 24.5 Å². The molecule has 1 aromatic heterocycles. The second kappa shape index (κ2) is 5.96. The molecular weight excluding hydrogens is 222 g/mol. The van der Waals surface area contributed by atoms with Crippen LogP contribution >= 0.6 is 11.3 Å². The van der Waals surface area contributed by atoms with E-state index >= 15 is 0 Å². The average molecular weight is 241 g/mol. The zero-order valence-electron chi connectivity index (χ0n) is 9.82. The van der Waals surface area contributed by atoms with Gasteiger partial charge in [-0.15, -0.1) is 11.3 Å². The quantitative estimate of drug-likeness (QED) is 0.789. The van der Waals surface area contributed by atoms with Crippen LogP contribution in [0.2, 0.25) is 0 Å². The van der Waals surface area contributed by atoms with E-state index in [1.54, 1.807) is 24.5 Å². The van der Waals surface area contributed by atoms with Gasteiger partial charge in [-0.1, -0.05) is 13.3 Å². The SMILES string of the molecule is CCCC(C)(N)C(=O)NCCc1nccs1. The van der Waals surface area contributed by atoms with Crippen LogP contribution in [0, 0.1) is 0 Å². The van der Waals surface area contributed by atoms with Crippen molar-refractivity contribution < 1.29 is 4.79 Å². The molecule has 16 heavy (non-hydrogen) atoms. The molecule has 90 valence electrons. The van der Waals surface area contributed by atoms with Gasteiger partial charge in [0.15, 0.2) is 0 Å². The molecule has 0 bridgehead atoms. The zero-order chi connectivity index (χ0) is 12.0. The summed E-state index contributed by atoms with van der Waals surface area (Å²) in [6.07, 6.45) is 4.15. The highest BCUT2D eigenvalue weighted by Gasteiger charge is 2.26. The summed E-state index contributed by atoms with van der Waals surface area (Å²) < 4.78 is 0. The number of nitrogens with one attached hydrogen (secondary N) is 1. The van der Waals surface area contributed by atoms with Crippen molar-refractivity contribution in [1.82, 2.24) is 10.3 Å². The summed E-state index contributed by atoms with van der Waals surface area (Å²) in [4.78, 5) is 15.9. The van der Waals surface area contributed by atoms with E-state index in [2.05, 4.69) is 10.3 Å². The van der Waals surface area contributed by atoms with Gasteiger partial charge in [0.2, 0.25) is 5.91 Å². The van der Waals surface area contributed by atoms with Crippen molar-refractivity contribution in [3.8, 4) is 0 Å². The summed E-state index contributed by atoms with van der Waals surface area (Å²) in [5.41, 5.74) is 5.15. The van der Waals surface area contributed by atoms with Crippen LogP contribution in [0.3, 0.4) is 0 Å². The molecule has 0 radical (unpaired) electrons. The first kappa shape index (κ1) is 13.1. The van der Waals surface area contributed by atoms with E-state index < -0.39 is 5.54 Å². The highest BCUT2D eigenvalue weighted by molar-refractivity contribution is 7.09. The molecule has 1 aromatic rings. The molecule has 0 aliphatic heterocycles. The van der Waals surface area contributed by atoms with Gasteiger partial charge < -0.3 is 11.1 Å². The van der Waals surface area contributed by atoms with Crippen LogP contribution < -0.4 is 11.1 Å². The van der Waals surface area contributed by atoms with Gasteiger partial charge in [0.1, 0.15) is 0 Å². The molecule has 0 aliphatic rings. The first-order valence-electron chi connectivity index (χ1n) is 5.52. The molecule has 1 unspecified atom stereocenters. The molecule has 0 aromatic carbocycles. The molecule has 4 nitrogen and oxygen atoms in total. The Kier molecular flexibility index (Phi) is 4.89. The molecule has 0 saturated heterocycles. The maximum Gasteiger partial charge on any atom is 0.239 e. The van der Waals surface area contributed by atoms with E-state index in [9.17, 15) is 4.79 Å². The van der Waals surface area contributed by atoms with Gasteiger partial charge >= 0.3 is 0 Å². The average Bonchev–Trinajstić information content (AvgIpc) is 2.70. The molecule has 0 saturated carbocycles. The highest BCUT2D eigenvalue weighted by Crippen LogP contribution is 2.08. The first-order chi connectivity index (χ1) is 7.56. The van der Waals surface area contributed by atoms with Crippen molar-refractivity contribution in [2.75, 3.05) is 6.54 Å². The van der Waals surface area contributed by atoms with Gasteiger partial charge in [0.25, 0.3) is 0 Å². The summed E-state index contributed by atoms with van der Waals surface area (Å²) in [5.74, 6) is -0.0779. The Morgan fingerprint density at radius 3 is 3.00 bits per heavy atom. The lowest BCUT2D eigenvalue weighted by Crippen LogP contribution is -2.51. The third kappa shape index (κ3) is 3.90. The smallest absolute Gasteiger partial charge is 0.239 e. The number of nitrogens with two attached hydrogens (primary N) is 1. The van der Waals surface area contributed by atoms with Crippen LogP contribution in [0.15, 0.2) is 11.6 Å². The number of rotatable bonds is 6. The summed E-state index contributed by atoms with van der Waals surface area (Å²) in [6.45, 7) is 4.39. The third-order valence-electron chi connectivity index (χ3n) is 2.40. The first-order valence-corrected chi connectivity index (χ1v) is 6.40. The van der Waals surface area contributed by atoms with E-state index in [0.29, 0.717) is 13.0 Å². The fourth-order valence-electron chi connectivity index (χ4n) is 1.49. The summed E-state index contributed by atoms with van der Waals surface area (Å²) in [6, 6.07) is 0. The van der Waals surface area contributed by atoms with Crippen LogP contribution in [0.25, 0.3) is 0 Å². The van der Waals surface area contributed by atoms with Gasteiger partial charge in [-0.25, -0.2) is 4.98 Å². The van der Waals surface area contributed by atoms with Crippen molar-refractivity contribution >= 4 is 17.2 Å². The van der Waals surface area contributed by atoms with Crippen molar-refractivity contribution in [1.29, 1.82) is 0 Å². The number of amides is 1. The van der Waals surface area contributed by atoms with Gasteiger partial charge in [0.05, 0.1) is 10.5 Å². The molecule has 1 atom stereocenters. The van der Waals surface area contributed by atoms with E-state index in [4.69, 9.17) is 5.73 Å². The van der Waals surface area contributed by atoms with Crippen LogP contribution in [0.1, 0.15) is 31.7 Å². The van der Waals surface area contributed by atoms with Gasteiger partial charge in [-0.05, 0) is 13.3 Å². The largest absolute Gasteiger partial charge is 0.354 e. The molecule has 0 aliphatic carbocycles. The number of carbonyl (C=O) groups excluding carboxylic acids is 1. The van der Waals surface area contributed by atoms with Crippen molar-refractivity contribution in [2.45, 2.75) is 38.6 Å². The number of aromatic nitrogens is 1. The number of nitrogens with zero attached hydrogens (tertiary/aromatic N) is 1. The molecule has 0 spiro atoms. The second-order valence-electron chi connectivity index (χ2n) is 4.10. The second-order valence-corrected chi connectivity index (χ2v) is 5.08. The Bertz CT molecular complexity index is 322. The van der Waals surface area contributed by atoms with Gasteiger partial charge in [-0.3, -0.25) is 4.79 Å². The number of hydrogen-bond donors (Lipinski definition) is 2. The molecule has 0 fully saturated rings. The molecule has 1 rings (SSSR count). The zero-order valence-corrected chi connectivity index (χ0v) is 10.6. The Hall–Kier alpha value is -0.940. The third-order valence-corrected chi connectivity index (χ3v) is 3.24. The lowest BCUT2D eigenvalue weighted by Gasteiger charge is -2.22. The number of hydrogen-bond acceptors (Lipinski definition) is 4. The van der Waals surface area contributed by atoms with E-state index in [1.807, 2.05) is 12.3 Å². The van der Waals surface area contributed by atoms with Crippen LogP contribution in [0.4, 0.5) is 0 Å². The predicted octanol–water partition coefficient (Wildman–Crippen LogP) is 1.32. The van der Waals surface area contributed by atoms with E-state index in [0.717, 1.165) is 17.8 Å². The van der Waals surface area contributed by atoms with Crippen molar-refractivity contribution in [3.63, 3.8) is 0 Å². The maximum absolute atomic E-state index is 11.7. The lowest BCUT2D eigenvalue weighted by molar-refractivity contribution is -0.126. The van der Waals surface area contributed by atoms with Crippen LogP contribution in [-0.4, -0.2) is 23.0 Å². The maximum atomic E-state index is 11.7.